The molecule has 1 N–H and O–H groups in total. The van der Waals surface area contributed by atoms with Crippen molar-refractivity contribution in [3.63, 3.8) is 0 Å². The zero-order chi connectivity index (χ0) is 12.2. The molecule has 0 aliphatic heterocycles. The van der Waals surface area contributed by atoms with Crippen LogP contribution in [0.1, 0.15) is 37.6 Å². The summed E-state index contributed by atoms with van der Waals surface area (Å²) in [6, 6.07) is 3.42. The lowest BCUT2D eigenvalue weighted by Gasteiger charge is -2.24. The summed E-state index contributed by atoms with van der Waals surface area (Å²) in [5, 5.41) is 2.94. The molecule has 1 aromatic rings. The number of methoxy groups -OCH3 is 1. The first-order valence-corrected chi connectivity index (χ1v) is 5.31. The van der Waals surface area contributed by atoms with Crippen molar-refractivity contribution in [2.45, 2.75) is 32.7 Å². The third-order valence-electron chi connectivity index (χ3n) is 2.54. The molecule has 0 fully saturated rings. The summed E-state index contributed by atoms with van der Waals surface area (Å²) in [4.78, 5) is 16.0. The Bertz CT molecular complexity index is 375. The molecule has 0 atom stereocenters. The summed E-state index contributed by atoms with van der Waals surface area (Å²) in [7, 11) is 1.50. The fourth-order valence-corrected chi connectivity index (χ4v) is 1.19. The fraction of sp³-hybridized carbons (Fsp3) is 0.500. The Hall–Kier alpha value is -1.58. The van der Waals surface area contributed by atoms with Crippen LogP contribution in [0.25, 0.3) is 0 Å². The first kappa shape index (κ1) is 12.5. The molecule has 0 bridgehead atoms. The monoisotopic (exact) mass is 222 g/mol. The van der Waals surface area contributed by atoms with Crippen molar-refractivity contribution in [3.8, 4) is 5.88 Å². The molecular formula is C12H18N2O2. The molecule has 0 aliphatic carbocycles. The third-order valence-corrected chi connectivity index (χ3v) is 2.54. The van der Waals surface area contributed by atoms with Crippen LogP contribution in [-0.4, -0.2) is 23.5 Å². The van der Waals surface area contributed by atoms with Crippen molar-refractivity contribution in [1.29, 1.82) is 0 Å². The number of pyridine rings is 1. The number of hydrogen-bond acceptors (Lipinski definition) is 3. The van der Waals surface area contributed by atoms with Crippen LogP contribution in [0, 0.1) is 0 Å². The van der Waals surface area contributed by atoms with E-state index in [-0.39, 0.29) is 11.4 Å². The maximum Gasteiger partial charge on any atom is 0.257 e. The highest BCUT2D eigenvalue weighted by Gasteiger charge is 2.21. The molecule has 0 aliphatic rings. The Morgan fingerprint density at radius 3 is 2.81 bits per heavy atom. The Balaban J connectivity index is 2.88. The van der Waals surface area contributed by atoms with Gasteiger partial charge in [-0.15, -0.1) is 0 Å². The summed E-state index contributed by atoms with van der Waals surface area (Å²) >= 11 is 0. The first-order chi connectivity index (χ1) is 7.50. The van der Waals surface area contributed by atoms with Crippen LogP contribution in [0.2, 0.25) is 0 Å². The van der Waals surface area contributed by atoms with Crippen LogP contribution in [-0.2, 0) is 0 Å². The molecule has 1 aromatic heterocycles. The molecule has 88 valence electrons. The molecule has 1 amide bonds. The summed E-state index contributed by atoms with van der Waals surface area (Å²) < 4.78 is 5.04. The molecule has 0 unspecified atom stereocenters. The van der Waals surface area contributed by atoms with E-state index in [9.17, 15) is 4.79 Å². The predicted octanol–water partition coefficient (Wildman–Crippen LogP) is 2.01. The number of hydrogen-bond donors (Lipinski definition) is 1. The Morgan fingerprint density at radius 2 is 2.25 bits per heavy atom. The van der Waals surface area contributed by atoms with Crippen molar-refractivity contribution in [2.75, 3.05) is 7.11 Å². The number of aromatic nitrogens is 1. The number of ether oxygens (including phenoxy) is 1. The number of nitrogens with zero attached hydrogens (tertiary/aromatic N) is 1. The number of carbonyl (C=O) groups is 1. The van der Waals surface area contributed by atoms with Gasteiger partial charge in [-0.3, -0.25) is 4.79 Å². The smallest absolute Gasteiger partial charge is 0.257 e. The van der Waals surface area contributed by atoms with Gasteiger partial charge in [0.2, 0.25) is 5.88 Å². The lowest BCUT2D eigenvalue weighted by molar-refractivity contribution is 0.0907. The van der Waals surface area contributed by atoms with Gasteiger partial charge in [0.15, 0.2) is 0 Å². The second kappa shape index (κ2) is 4.96. The van der Waals surface area contributed by atoms with Crippen molar-refractivity contribution in [2.24, 2.45) is 0 Å². The third kappa shape index (κ3) is 2.95. The van der Waals surface area contributed by atoms with Crippen LogP contribution >= 0.6 is 0 Å². The Kier molecular flexibility index (Phi) is 3.88. The van der Waals surface area contributed by atoms with Gasteiger partial charge in [-0.1, -0.05) is 6.92 Å². The van der Waals surface area contributed by atoms with Crippen molar-refractivity contribution < 1.29 is 9.53 Å². The Morgan fingerprint density at radius 1 is 1.56 bits per heavy atom. The van der Waals surface area contributed by atoms with E-state index >= 15 is 0 Å². The SMILES string of the molecule is CCC(C)(C)NC(=O)c1cccnc1OC. The van der Waals surface area contributed by atoms with Gasteiger partial charge in [-0.05, 0) is 32.4 Å². The maximum atomic E-state index is 12.0. The summed E-state index contributed by atoms with van der Waals surface area (Å²) in [6.45, 7) is 5.99. The predicted molar refractivity (Wildman–Crippen MR) is 62.6 cm³/mol. The first-order valence-electron chi connectivity index (χ1n) is 5.31. The van der Waals surface area contributed by atoms with E-state index in [4.69, 9.17) is 4.74 Å². The lowest BCUT2D eigenvalue weighted by Crippen LogP contribution is -2.42. The Labute approximate surface area is 96.0 Å². The van der Waals surface area contributed by atoms with Crippen LogP contribution in [0.3, 0.4) is 0 Å². The zero-order valence-electron chi connectivity index (χ0n) is 10.2. The minimum atomic E-state index is -0.224. The normalized spacial score (nSPS) is 11.0. The number of carbonyl (C=O) groups excluding carboxylic acids is 1. The molecule has 0 aromatic carbocycles. The van der Waals surface area contributed by atoms with Crippen molar-refractivity contribution in [1.82, 2.24) is 10.3 Å². The van der Waals surface area contributed by atoms with Crippen LogP contribution < -0.4 is 10.1 Å². The highest BCUT2D eigenvalue weighted by Crippen LogP contribution is 2.15. The van der Waals surface area contributed by atoms with E-state index in [1.54, 1.807) is 18.3 Å². The topological polar surface area (TPSA) is 51.2 Å². The standard InChI is InChI=1S/C12H18N2O2/c1-5-12(2,3)14-10(15)9-7-6-8-13-11(9)16-4/h6-8H,5H2,1-4H3,(H,14,15). The van der Waals surface area contributed by atoms with Crippen molar-refractivity contribution >= 4 is 5.91 Å². The number of amides is 1. The highest BCUT2D eigenvalue weighted by molar-refractivity contribution is 5.96. The second-order valence-electron chi connectivity index (χ2n) is 4.25. The van der Waals surface area contributed by atoms with Gasteiger partial charge in [0.05, 0.1) is 7.11 Å². The maximum absolute atomic E-state index is 12.0. The quantitative estimate of drug-likeness (QED) is 0.847. The number of nitrogens with one attached hydrogen (secondary N) is 1. The largest absolute Gasteiger partial charge is 0.480 e. The highest BCUT2D eigenvalue weighted by atomic mass is 16.5. The van der Waals surface area contributed by atoms with Crippen molar-refractivity contribution in [3.05, 3.63) is 23.9 Å². The van der Waals surface area contributed by atoms with E-state index in [0.29, 0.717) is 11.4 Å². The molecule has 0 radical (unpaired) electrons. The minimum Gasteiger partial charge on any atom is -0.480 e. The molecule has 1 heterocycles. The molecule has 1 rings (SSSR count). The lowest BCUT2D eigenvalue weighted by atomic mass is 10.0. The average molecular weight is 222 g/mol. The molecule has 4 heteroatoms. The van der Waals surface area contributed by atoms with E-state index in [1.165, 1.54) is 7.11 Å². The zero-order valence-corrected chi connectivity index (χ0v) is 10.2. The molecule has 0 saturated heterocycles. The van der Waals surface area contributed by atoms with Gasteiger partial charge in [-0.25, -0.2) is 4.98 Å². The van der Waals surface area contributed by atoms with E-state index in [1.807, 2.05) is 20.8 Å². The van der Waals surface area contributed by atoms with Crippen LogP contribution in [0.5, 0.6) is 5.88 Å². The van der Waals surface area contributed by atoms with Crippen LogP contribution in [0.4, 0.5) is 0 Å². The van der Waals surface area contributed by atoms with Gasteiger partial charge < -0.3 is 10.1 Å². The van der Waals surface area contributed by atoms with E-state index < -0.39 is 0 Å². The summed E-state index contributed by atoms with van der Waals surface area (Å²) in [5.41, 5.74) is 0.240. The van der Waals surface area contributed by atoms with Gasteiger partial charge in [0.25, 0.3) is 5.91 Å². The fourth-order valence-electron chi connectivity index (χ4n) is 1.19. The summed E-state index contributed by atoms with van der Waals surface area (Å²) in [6.07, 6.45) is 2.46. The average Bonchev–Trinajstić information content (AvgIpc) is 2.28. The van der Waals surface area contributed by atoms with E-state index in [0.717, 1.165) is 6.42 Å². The summed E-state index contributed by atoms with van der Waals surface area (Å²) in [5.74, 6) is 0.198. The molecule has 0 spiro atoms. The van der Waals surface area contributed by atoms with Gasteiger partial charge in [0.1, 0.15) is 5.56 Å². The van der Waals surface area contributed by atoms with Gasteiger partial charge in [0, 0.05) is 11.7 Å². The van der Waals surface area contributed by atoms with Gasteiger partial charge in [-0.2, -0.15) is 0 Å². The van der Waals surface area contributed by atoms with Gasteiger partial charge >= 0.3 is 0 Å². The molecule has 0 saturated carbocycles. The molecule has 4 nitrogen and oxygen atoms in total. The number of rotatable bonds is 4. The molecule has 16 heavy (non-hydrogen) atoms. The molecular weight excluding hydrogens is 204 g/mol. The minimum absolute atomic E-state index is 0.156. The second-order valence-corrected chi connectivity index (χ2v) is 4.25. The van der Waals surface area contributed by atoms with E-state index in [2.05, 4.69) is 10.3 Å². The van der Waals surface area contributed by atoms with Crippen LogP contribution in [0.15, 0.2) is 18.3 Å².